The molecule has 0 saturated heterocycles. The average molecular weight is 479 g/mol. The number of methoxy groups -OCH3 is 2. The molecule has 1 amide bonds. The van der Waals surface area contributed by atoms with Crippen LogP contribution in [0.1, 0.15) is 10.5 Å². The maximum atomic E-state index is 12.9. The minimum absolute atomic E-state index is 0.124. The van der Waals surface area contributed by atoms with E-state index in [2.05, 4.69) is 25.4 Å². The highest BCUT2D eigenvalue weighted by atomic mass is 16.5. The van der Waals surface area contributed by atoms with Crippen molar-refractivity contribution in [2.24, 2.45) is 0 Å². The molecule has 0 aliphatic heterocycles. The summed E-state index contributed by atoms with van der Waals surface area (Å²) in [7, 11) is 6.87. The maximum absolute atomic E-state index is 12.9. The molecule has 1 N–H and O–H groups in total. The van der Waals surface area contributed by atoms with Crippen LogP contribution in [0.4, 0.5) is 11.4 Å². The highest BCUT2D eigenvalue weighted by Crippen LogP contribution is 2.27. The van der Waals surface area contributed by atoms with Gasteiger partial charge in [-0.25, -0.2) is 4.98 Å². The lowest BCUT2D eigenvalue weighted by Gasteiger charge is -2.13. The highest BCUT2D eigenvalue weighted by Gasteiger charge is 2.19. The normalized spacial score (nSPS) is 10.6. The van der Waals surface area contributed by atoms with Crippen molar-refractivity contribution in [1.82, 2.24) is 24.7 Å². The number of aromatic nitrogens is 5. The molecular formula is C23H25N7O5. The molecule has 0 radical (unpaired) electrons. The van der Waals surface area contributed by atoms with Gasteiger partial charge in [-0.05, 0) is 12.1 Å². The molecule has 1 aromatic carbocycles. The molecule has 0 unspecified atom stereocenters. The fraction of sp³-hybridized carbons (Fsp3) is 0.261. The number of carbonyl (C=O) groups excluding carboxylic acids is 1. The van der Waals surface area contributed by atoms with E-state index in [9.17, 15) is 4.79 Å². The van der Waals surface area contributed by atoms with Gasteiger partial charge in [-0.1, -0.05) is 12.1 Å². The number of rotatable bonds is 10. The van der Waals surface area contributed by atoms with Gasteiger partial charge in [-0.2, -0.15) is 15.1 Å². The third kappa shape index (κ3) is 5.66. The summed E-state index contributed by atoms with van der Waals surface area (Å²) >= 11 is 0. The molecule has 4 rings (SSSR count). The number of nitrogens with one attached hydrogen (secondary N) is 1. The minimum Gasteiger partial charge on any atom is -0.481 e. The van der Waals surface area contributed by atoms with Crippen LogP contribution < -0.4 is 24.4 Å². The van der Waals surface area contributed by atoms with Crippen LogP contribution in [0.3, 0.4) is 0 Å². The number of anilines is 2. The van der Waals surface area contributed by atoms with E-state index in [1.807, 2.05) is 43.3 Å². The third-order valence-electron chi connectivity index (χ3n) is 4.93. The molecule has 12 nitrogen and oxygen atoms in total. The van der Waals surface area contributed by atoms with Gasteiger partial charge < -0.3 is 28.8 Å². The zero-order valence-corrected chi connectivity index (χ0v) is 19.8. The molecule has 4 aromatic rings. The van der Waals surface area contributed by atoms with Crippen LogP contribution in [0.25, 0.3) is 11.3 Å². The van der Waals surface area contributed by atoms with Gasteiger partial charge in [0.05, 0.1) is 38.7 Å². The number of hydrogen-bond acceptors (Lipinski definition) is 10. The molecule has 0 aliphatic rings. The van der Waals surface area contributed by atoms with Crippen molar-refractivity contribution in [3.8, 4) is 29.1 Å². The topological polar surface area (TPSA) is 130 Å². The molecule has 0 aliphatic carbocycles. The van der Waals surface area contributed by atoms with Crippen LogP contribution >= 0.6 is 0 Å². The first-order valence-corrected chi connectivity index (χ1v) is 10.6. The zero-order valence-electron chi connectivity index (χ0n) is 19.8. The van der Waals surface area contributed by atoms with Crippen LogP contribution in [-0.2, 0) is 6.54 Å². The van der Waals surface area contributed by atoms with Gasteiger partial charge in [-0.15, -0.1) is 0 Å². The monoisotopic (exact) mass is 479 g/mol. The molecule has 0 fully saturated rings. The Morgan fingerprint density at radius 1 is 1.14 bits per heavy atom. The Bertz CT molecular complexity index is 1280. The summed E-state index contributed by atoms with van der Waals surface area (Å²) < 4.78 is 22.9. The second-order valence-electron chi connectivity index (χ2n) is 7.50. The Labute approximate surface area is 201 Å². The lowest BCUT2D eigenvalue weighted by Crippen LogP contribution is -2.13. The number of amides is 1. The molecule has 0 saturated carbocycles. The molecule has 12 heteroatoms. The number of benzene rings is 1. The SMILES string of the molecule is COc1cc(OC)nc(OCCn2cc(NC(=O)c3ncoc3-c3cccc(N(C)C)c3)cn2)n1. The van der Waals surface area contributed by atoms with E-state index >= 15 is 0 Å². The van der Waals surface area contributed by atoms with Gasteiger partial charge in [0.2, 0.25) is 11.8 Å². The number of nitrogens with zero attached hydrogens (tertiary/aromatic N) is 6. The number of ether oxygens (including phenoxy) is 3. The van der Waals surface area contributed by atoms with Crippen LogP contribution in [-0.4, -0.2) is 65.6 Å². The minimum atomic E-state index is -0.406. The first-order chi connectivity index (χ1) is 17.0. The van der Waals surface area contributed by atoms with Crippen LogP contribution in [0.5, 0.6) is 17.8 Å². The molecular weight excluding hydrogens is 454 g/mol. The summed E-state index contributed by atoms with van der Waals surface area (Å²) in [6.45, 7) is 0.631. The zero-order chi connectivity index (χ0) is 24.8. The standard InChI is InChI=1S/C23H25N7O5/c1-29(2)17-7-5-6-15(10-17)21-20(24-14-35-21)22(31)26-16-12-25-30(13-16)8-9-34-23-27-18(32-3)11-19(28-23)33-4/h5-7,10-14H,8-9H2,1-4H3,(H,26,31). The number of carbonyl (C=O) groups is 1. The molecule has 35 heavy (non-hydrogen) atoms. The van der Waals surface area contributed by atoms with Gasteiger partial charge in [0.15, 0.2) is 17.8 Å². The van der Waals surface area contributed by atoms with E-state index in [4.69, 9.17) is 18.6 Å². The van der Waals surface area contributed by atoms with Crippen LogP contribution in [0.2, 0.25) is 0 Å². The Balaban J connectivity index is 1.37. The molecule has 0 bridgehead atoms. The van der Waals surface area contributed by atoms with Gasteiger partial charge in [0.1, 0.15) is 6.61 Å². The first-order valence-electron chi connectivity index (χ1n) is 10.6. The average Bonchev–Trinajstić information content (AvgIpc) is 3.53. The summed E-state index contributed by atoms with van der Waals surface area (Å²) in [5.41, 5.74) is 2.42. The predicted octanol–water partition coefficient (Wildman–Crippen LogP) is 2.74. The summed E-state index contributed by atoms with van der Waals surface area (Å²) in [6.07, 6.45) is 4.47. The Kier molecular flexibility index (Phi) is 7.10. The van der Waals surface area contributed by atoms with Crippen molar-refractivity contribution in [2.45, 2.75) is 6.54 Å². The highest BCUT2D eigenvalue weighted by molar-refractivity contribution is 6.06. The summed E-state index contributed by atoms with van der Waals surface area (Å²) in [4.78, 5) is 27.2. The van der Waals surface area contributed by atoms with E-state index in [0.29, 0.717) is 29.8 Å². The van der Waals surface area contributed by atoms with Crippen molar-refractivity contribution >= 4 is 17.3 Å². The van der Waals surface area contributed by atoms with Gasteiger partial charge in [-0.3, -0.25) is 9.48 Å². The lowest BCUT2D eigenvalue weighted by molar-refractivity contribution is 0.102. The Morgan fingerprint density at radius 2 is 1.91 bits per heavy atom. The molecule has 3 aromatic heterocycles. The third-order valence-corrected chi connectivity index (χ3v) is 4.93. The van der Waals surface area contributed by atoms with E-state index in [1.165, 1.54) is 26.8 Å². The summed E-state index contributed by atoms with van der Waals surface area (Å²) in [5, 5.41) is 7.04. The summed E-state index contributed by atoms with van der Waals surface area (Å²) in [5.74, 6) is 0.644. The molecule has 0 spiro atoms. The van der Waals surface area contributed by atoms with Crippen molar-refractivity contribution in [3.63, 3.8) is 0 Å². The van der Waals surface area contributed by atoms with Crippen molar-refractivity contribution in [2.75, 3.05) is 45.1 Å². The quantitative estimate of drug-likeness (QED) is 0.362. The molecule has 182 valence electrons. The van der Waals surface area contributed by atoms with E-state index < -0.39 is 5.91 Å². The second kappa shape index (κ2) is 10.5. The Hall–Kier alpha value is -4.61. The van der Waals surface area contributed by atoms with E-state index in [1.54, 1.807) is 16.9 Å². The van der Waals surface area contributed by atoms with Crippen LogP contribution in [0, 0.1) is 0 Å². The maximum Gasteiger partial charge on any atom is 0.323 e. The number of hydrogen-bond donors (Lipinski definition) is 1. The fourth-order valence-corrected chi connectivity index (χ4v) is 3.17. The van der Waals surface area contributed by atoms with E-state index in [0.717, 1.165) is 11.3 Å². The van der Waals surface area contributed by atoms with Crippen molar-refractivity contribution in [3.05, 3.63) is 54.8 Å². The molecule has 0 atom stereocenters. The Morgan fingerprint density at radius 3 is 2.63 bits per heavy atom. The van der Waals surface area contributed by atoms with Crippen molar-refractivity contribution < 1.29 is 23.4 Å². The summed E-state index contributed by atoms with van der Waals surface area (Å²) in [6, 6.07) is 9.33. The predicted molar refractivity (Wildman–Crippen MR) is 127 cm³/mol. The van der Waals surface area contributed by atoms with Crippen LogP contribution in [0.15, 0.2) is 53.5 Å². The van der Waals surface area contributed by atoms with Gasteiger partial charge in [0, 0.05) is 31.5 Å². The van der Waals surface area contributed by atoms with Crippen molar-refractivity contribution in [1.29, 1.82) is 0 Å². The molecule has 3 heterocycles. The lowest BCUT2D eigenvalue weighted by atomic mass is 10.1. The largest absolute Gasteiger partial charge is 0.481 e. The first kappa shape index (κ1) is 23.5. The van der Waals surface area contributed by atoms with Gasteiger partial charge >= 0.3 is 6.01 Å². The number of oxazole rings is 1. The fourth-order valence-electron chi connectivity index (χ4n) is 3.17. The van der Waals surface area contributed by atoms with Gasteiger partial charge in [0.25, 0.3) is 5.91 Å². The van der Waals surface area contributed by atoms with E-state index in [-0.39, 0.29) is 18.3 Å². The second-order valence-corrected chi connectivity index (χ2v) is 7.50. The smallest absolute Gasteiger partial charge is 0.323 e.